The van der Waals surface area contributed by atoms with Gasteiger partial charge in [-0.25, -0.2) is 9.59 Å². The summed E-state index contributed by atoms with van der Waals surface area (Å²) in [6, 6.07) is 0.0901. The molecular formula is C30H44F3N3O6. The van der Waals surface area contributed by atoms with E-state index in [1.807, 2.05) is 13.0 Å². The van der Waals surface area contributed by atoms with Crippen LogP contribution < -0.4 is 5.32 Å². The zero-order chi connectivity index (χ0) is 31.0. The van der Waals surface area contributed by atoms with Crippen LogP contribution in [0.15, 0.2) is 16.8 Å². The fourth-order valence-corrected chi connectivity index (χ4v) is 8.83. The van der Waals surface area contributed by atoms with E-state index in [-0.39, 0.29) is 23.0 Å². The molecule has 0 spiro atoms. The topological polar surface area (TPSA) is 129 Å². The smallest absolute Gasteiger partial charge is 0.475 e. The number of β-amino-alcohol motifs (C(OH)–C–C–N with tert-alkyl or cyclic N) is 1. The van der Waals surface area contributed by atoms with E-state index in [1.165, 1.54) is 31.3 Å². The fraction of sp³-hybridized carbons (Fsp3) is 0.800. The minimum Gasteiger partial charge on any atom is -0.475 e. The summed E-state index contributed by atoms with van der Waals surface area (Å²) in [6.07, 6.45) is 5.48. The lowest BCUT2D eigenvalue weighted by atomic mass is 9.46. The van der Waals surface area contributed by atoms with Gasteiger partial charge in [0.25, 0.3) is 0 Å². The summed E-state index contributed by atoms with van der Waals surface area (Å²) in [5.74, 6) is -0.0284. The van der Waals surface area contributed by atoms with E-state index in [9.17, 15) is 27.9 Å². The summed E-state index contributed by atoms with van der Waals surface area (Å²) in [5, 5.41) is 24.4. The molecule has 5 aliphatic rings. The highest BCUT2D eigenvalue weighted by atomic mass is 19.4. The van der Waals surface area contributed by atoms with Gasteiger partial charge in [0, 0.05) is 38.5 Å². The third kappa shape index (κ3) is 6.54. The van der Waals surface area contributed by atoms with Crippen molar-refractivity contribution in [3.8, 4) is 0 Å². The molecule has 9 nitrogen and oxygen atoms in total. The van der Waals surface area contributed by atoms with Crippen molar-refractivity contribution in [3.05, 3.63) is 11.6 Å². The SMILES string of the molecule is C/C(=N\OC(=O)N(C)C[C@@H]1C[C@@H](O)CN1)[C@H]1CC[C@H]2[C@@H]3CCC4=CC(=O)CC[C@]4(C)[C@H]3CC[C@]12C.O=C(O)C(F)(F)F. The summed E-state index contributed by atoms with van der Waals surface area (Å²) in [6.45, 7) is 7.98. The van der Waals surface area contributed by atoms with E-state index in [0.29, 0.717) is 55.4 Å². The van der Waals surface area contributed by atoms with Crippen LogP contribution in [0, 0.1) is 34.5 Å². The number of carbonyl (C=O) groups excluding carboxylic acids is 2. The summed E-state index contributed by atoms with van der Waals surface area (Å²) >= 11 is 0. The molecule has 12 heteroatoms. The molecule has 0 unspecified atom stereocenters. The van der Waals surface area contributed by atoms with Crippen LogP contribution in [-0.4, -0.2) is 77.1 Å². The molecule has 1 aliphatic heterocycles. The van der Waals surface area contributed by atoms with Crippen molar-refractivity contribution in [1.29, 1.82) is 0 Å². The van der Waals surface area contributed by atoms with E-state index in [0.717, 1.165) is 25.0 Å². The van der Waals surface area contributed by atoms with E-state index in [2.05, 4.69) is 24.3 Å². The summed E-state index contributed by atoms with van der Waals surface area (Å²) in [5.41, 5.74) is 2.75. The number of carboxylic acids is 1. The Morgan fingerprint density at radius 1 is 1.14 bits per heavy atom. The number of carboxylic acid groups (broad SMARTS) is 1. The van der Waals surface area contributed by atoms with Crippen LogP contribution >= 0.6 is 0 Å². The Balaban J connectivity index is 0.000000517. The summed E-state index contributed by atoms with van der Waals surface area (Å²) < 4.78 is 31.7. The number of fused-ring (bicyclic) bond motifs is 5. The molecule has 8 atom stereocenters. The highest BCUT2D eigenvalue weighted by Crippen LogP contribution is 2.66. The number of allylic oxidation sites excluding steroid dienone is 1. The number of halogens is 3. The number of aliphatic hydroxyl groups is 1. The molecule has 1 saturated heterocycles. The quantitative estimate of drug-likeness (QED) is 0.237. The van der Waals surface area contributed by atoms with Gasteiger partial charge in [0.1, 0.15) is 0 Å². The van der Waals surface area contributed by atoms with Gasteiger partial charge < -0.3 is 20.4 Å². The number of nitrogens with zero attached hydrogens (tertiary/aromatic N) is 2. The van der Waals surface area contributed by atoms with Gasteiger partial charge in [-0.05, 0) is 93.0 Å². The number of oxime groups is 1. The van der Waals surface area contributed by atoms with Crippen molar-refractivity contribution in [2.75, 3.05) is 20.1 Å². The normalized spacial score (nSPS) is 37.9. The van der Waals surface area contributed by atoms with E-state index in [4.69, 9.17) is 14.7 Å². The van der Waals surface area contributed by atoms with Gasteiger partial charge in [-0.2, -0.15) is 13.2 Å². The maximum atomic E-state index is 12.6. The van der Waals surface area contributed by atoms with Gasteiger partial charge in [0.15, 0.2) is 5.78 Å². The lowest BCUT2D eigenvalue weighted by Gasteiger charge is -2.58. The highest BCUT2D eigenvalue weighted by molar-refractivity contribution is 5.91. The number of hydrogen-bond donors (Lipinski definition) is 3. The van der Waals surface area contributed by atoms with Crippen LogP contribution in [0.3, 0.4) is 0 Å². The van der Waals surface area contributed by atoms with Crippen LogP contribution in [0.5, 0.6) is 0 Å². The maximum absolute atomic E-state index is 12.6. The minimum atomic E-state index is -5.08. The van der Waals surface area contributed by atoms with E-state index >= 15 is 0 Å². The third-order valence-corrected chi connectivity index (χ3v) is 11.0. The second kappa shape index (κ2) is 12.3. The number of nitrogens with one attached hydrogen (secondary N) is 1. The Hall–Kier alpha value is -2.47. The average molecular weight is 600 g/mol. The Morgan fingerprint density at radius 2 is 1.83 bits per heavy atom. The molecule has 0 bridgehead atoms. The molecule has 3 N–H and O–H groups in total. The lowest BCUT2D eigenvalue weighted by molar-refractivity contribution is -0.192. The monoisotopic (exact) mass is 599 g/mol. The molecule has 3 saturated carbocycles. The molecule has 1 amide bonds. The zero-order valence-electron chi connectivity index (χ0n) is 24.9. The lowest BCUT2D eigenvalue weighted by Crippen LogP contribution is -2.51. The number of amides is 1. The molecule has 0 aromatic carbocycles. The molecule has 0 radical (unpaired) electrons. The number of rotatable bonds is 4. The number of ketones is 1. The second-order valence-electron chi connectivity index (χ2n) is 13.4. The van der Waals surface area contributed by atoms with Gasteiger partial charge in [-0.15, -0.1) is 0 Å². The van der Waals surface area contributed by atoms with Gasteiger partial charge in [-0.3, -0.25) is 9.63 Å². The third-order valence-electron chi connectivity index (χ3n) is 11.0. The van der Waals surface area contributed by atoms with Gasteiger partial charge >= 0.3 is 18.2 Å². The van der Waals surface area contributed by atoms with Gasteiger partial charge in [0.2, 0.25) is 0 Å². The van der Waals surface area contributed by atoms with Gasteiger partial charge in [0.05, 0.1) is 11.8 Å². The van der Waals surface area contributed by atoms with Crippen molar-refractivity contribution in [2.45, 2.75) is 96.9 Å². The Labute approximate surface area is 244 Å². The Bertz CT molecular complexity index is 1130. The number of likely N-dealkylation sites (N-methyl/N-ethyl adjacent to an activating group) is 1. The van der Waals surface area contributed by atoms with Crippen molar-refractivity contribution in [3.63, 3.8) is 0 Å². The van der Waals surface area contributed by atoms with Crippen LogP contribution in [0.25, 0.3) is 0 Å². The molecule has 4 fully saturated rings. The van der Waals surface area contributed by atoms with Crippen LogP contribution in [0.4, 0.5) is 18.0 Å². The standard InChI is InChI=1S/C28H43N3O4.C2HF3O2/c1-17(30-35-26(34)31(4)16-19-14-21(33)15-29-19)23-7-8-24-22-6-5-18-13-20(32)9-11-27(18,2)25(22)10-12-28(23,24)3;3-2(4,5)1(6)7/h13,19,21-25,29,33H,5-12,14-16H2,1-4H3;(H,6,7)/b30-17+;/t19-,21+,22-,23+,24-,25-,27-,28+;/m0./s1. The Morgan fingerprint density at radius 3 is 2.45 bits per heavy atom. The average Bonchev–Trinajstić information content (AvgIpc) is 3.49. The van der Waals surface area contributed by atoms with Crippen molar-refractivity contribution >= 4 is 23.6 Å². The first-order valence-electron chi connectivity index (χ1n) is 15.0. The largest absolute Gasteiger partial charge is 0.490 e. The van der Waals surface area contributed by atoms with E-state index in [1.54, 1.807) is 11.9 Å². The predicted molar refractivity (Wildman–Crippen MR) is 149 cm³/mol. The zero-order valence-corrected chi connectivity index (χ0v) is 24.9. The molecule has 5 rings (SSSR count). The van der Waals surface area contributed by atoms with Crippen LogP contribution in [0.1, 0.15) is 78.6 Å². The molecule has 236 valence electrons. The number of aliphatic carboxylic acids is 1. The number of alkyl halides is 3. The second-order valence-corrected chi connectivity index (χ2v) is 13.4. The van der Waals surface area contributed by atoms with Crippen LogP contribution in [-0.2, 0) is 14.4 Å². The van der Waals surface area contributed by atoms with Crippen molar-refractivity contribution in [2.24, 2.45) is 39.7 Å². The molecule has 4 aliphatic carbocycles. The molecule has 42 heavy (non-hydrogen) atoms. The number of carbonyl (C=O) groups is 3. The van der Waals surface area contributed by atoms with E-state index < -0.39 is 18.2 Å². The molecule has 1 heterocycles. The summed E-state index contributed by atoms with van der Waals surface area (Å²) in [4.78, 5) is 40.5. The Kier molecular flexibility index (Phi) is 9.47. The van der Waals surface area contributed by atoms with Gasteiger partial charge in [-0.1, -0.05) is 24.6 Å². The molecular weight excluding hydrogens is 555 g/mol. The highest BCUT2D eigenvalue weighted by Gasteiger charge is 2.59. The number of aliphatic hydroxyl groups excluding tert-OH is 1. The minimum absolute atomic E-state index is 0.0901. The maximum Gasteiger partial charge on any atom is 0.490 e. The van der Waals surface area contributed by atoms with Crippen molar-refractivity contribution in [1.82, 2.24) is 10.2 Å². The first kappa shape index (κ1) is 32.4. The first-order valence-corrected chi connectivity index (χ1v) is 15.0. The van der Waals surface area contributed by atoms with Crippen LogP contribution in [0.2, 0.25) is 0 Å². The van der Waals surface area contributed by atoms with Crippen molar-refractivity contribution < 1.29 is 42.6 Å². The summed E-state index contributed by atoms with van der Waals surface area (Å²) in [7, 11) is 1.72. The predicted octanol–water partition coefficient (Wildman–Crippen LogP) is 4.93. The molecule has 0 aromatic rings. The number of hydrogen-bond acceptors (Lipinski definition) is 7. The first-order chi connectivity index (χ1) is 19.6. The fourth-order valence-electron chi connectivity index (χ4n) is 8.83. The molecule has 0 aromatic heterocycles.